The number of allylic oxidation sites excluding steroid dienone is 2. The van der Waals surface area contributed by atoms with E-state index in [-0.39, 0.29) is 23.7 Å². The van der Waals surface area contributed by atoms with Gasteiger partial charge in [-0.25, -0.2) is 35.1 Å². The Hall–Kier alpha value is -5.43. The molecule has 344 valence electrons. The number of nitrogens with zero attached hydrogens (tertiary/aromatic N) is 4. The molecule has 1 aromatic heterocycles. The molecule has 0 N–H and O–H groups in total. The quantitative estimate of drug-likeness (QED) is 0.0837. The van der Waals surface area contributed by atoms with Crippen LogP contribution in [0.5, 0.6) is 0 Å². The molecular weight excluding hydrogens is 867 g/mol. The fourth-order valence-corrected chi connectivity index (χ4v) is 13.9. The predicted molar refractivity (Wildman–Crippen MR) is 239 cm³/mol. The van der Waals surface area contributed by atoms with Crippen molar-refractivity contribution in [2.45, 2.75) is 146 Å². The lowest BCUT2D eigenvalue weighted by Gasteiger charge is -2.34. The smallest absolute Gasteiger partial charge is 0.320 e. The summed E-state index contributed by atoms with van der Waals surface area (Å²) in [5.41, 5.74) is 1.67. The molecule has 4 aromatic rings. The second-order valence-corrected chi connectivity index (χ2v) is 20.1. The van der Waals surface area contributed by atoms with E-state index in [9.17, 15) is 10.5 Å². The number of benzene rings is 3. The first kappa shape index (κ1) is 44.1. The van der Waals surface area contributed by atoms with Gasteiger partial charge in [0.2, 0.25) is 0 Å². The van der Waals surface area contributed by atoms with Crippen LogP contribution in [0, 0.1) is 81.0 Å². The molecule has 5 aliphatic carbocycles. The van der Waals surface area contributed by atoms with Crippen molar-refractivity contribution in [3.8, 4) is 23.3 Å². The van der Waals surface area contributed by atoms with Gasteiger partial charge < -0.3 is 4.48 Å². The van der Waals surface area contributed by atoms with E-state index >= 15 is 35.1 Å². The van der Waals surface area contributed by atoms with E-state index in [1.165, 1.54) is 0 Å². The minimum absolute atomic E-state index is 0.154. The minimum Gasteiger partial charge on any atom is -0.320 e. The number of fused-ring (bicyclic) bond motifs is 5. The highest BCUT2D eigenvalue weighted by atomic mass is 19.2. The Morgan fingerprint density at radius 3 is 1.46 bits per heavy atom. The molecule has 0 atom stereocenters. The average molecular weight is 918 g/mol. The molecule has 0 unspecified atom stereocenters. The zero-order valence-electron chi connectivity index (χ0n) is 37.3. The number of hydrogen-bond acceptors (Lipinski definition) is 2. The van der Waals surface area contributed by atoms with Gasteiger partial charge in [-0.2, -0.15) is 10.5 Å². The molecule has 13 heteroatoms. The number of rotatable bonds is 6. The Labute approximate surface area is 385 Å². The molecule has 0 spiro atoms. The summed E-state index contributed by atoms with van der Waals surface area (Å²) in [6, 6.07) is 14.9. The maximum absolute atomic E-state index is 17.3. The highest BCUT2D eigenvalue weighted by Crippen LogP contribution is 2.59. The third kappa shape index (κ3) is 6.52. The van der Waals surface area contributed by atoms with E-state index in [1.54, 1.807) is 0 Å². The zero-order valence-corrected chi connectivity index (χ0v) is 37.3. The predicted octanol–water partition coefficient (Wildman–Crippen LogP) is 14.5. The monoisotopic (exact) mass is 917 g/mol. The molecule has 3 aromatic carbocycles. The molecule has 0 saturated heterocycles. The summed E-state index contributed by atoms with van der Waals surface area (Å²) in [5, 5.41) is 23.3. The van der Waals surface area contributed by atoms with Crippen molar-refractivity contribution in [3.63, 3.8) is 0 Å². The molecule has 7 aliphatic rings. The van der Waals surface area contributed by atoms with E-state index < -0.39 is 81.6 Å². The van der Waals surface area contributed by atoms with E-state index in [0.29, 0.717) is 65.2 Å². The molecular formula is C54H50BF8N4+. The van der Waals surface area contributed by atoms with E-state index in [4.69, 9.17) is 0 Å². The first-order chi connectivity index (χ1) is 32.6. The van der Waals surface area contributed by atoms with Crippen molar-refractivity contribution in [1.29, 1.82) is 10.5 Å². The van der Waals surface area contributed by atoms with E-state index in [1.807, 2.05) is 39.3 Å². The maximum Gasteiger partial charge on any atom is 0.633 e. The van der Waals surface area contributed by atoms with Gasteiger partial charge in [-0.05, 0) is 80.2 Å². The molecule has 3 heterocycles. The van der Waals surface area contributed by atoms with Crippen molar-refractivity contribution in [2.24, 2.45) is 11.8 Å². The number of hydrogen-bond donors (Lipinski definition) is 0. The van der Waals surface area contributed by atoms with Crippen molar-refractivity contribution < 1.29 is 39.6 Å². The molecule has 67 heavy (non-hydrogen) atoms. The Morgan fingerprint density at radius 1 is 0.507 bits per heavy atom. The van der Waals surface area contributed by atoms with Crippen LogP contribution in [0.2, 0.25) is 0 Å². The molecule has 11 rings (SSSR count). The van der Waals surface area contributed by atoms with Crippen molar-refractivity contribution in [1.82, 2.24) is 4.48 Å². The summed E-state index contributed by atoms with van der Waals surface area (Å²) in [6.45, 7) is -1.56. The largest absolute Gasteiger partial charge is 0.633 e. The normalized spacial score (nSPS) is 20.9. The SMILES string of the molecule is N#CC1=C(C2CCCCC2)C2=C(c3ccccc3)c3c(C4CCCCC4)c(C#N)c(C4CCCCC4)n3B(C3c4c(F)c(F)c(F)c(F)c4-c4c(F)c(F)c(F)c(F)c43)[N+]2=C1C1CCCCC1. The Morgan fingerprint density at radius 2 is 0.970 bits per heavy atom. The van der Waals surface area contributed by atoms with Crippen LogP contribution < -0.4 is 0 Å². The molecule has 0 amide bonds. The van der Waals surface area contributed by atoms with E-state index in [0.717, 1.165) is 119 Å². The zero-order chi connectivity index (χ0) is 46.4. The standard InChI is InChI=1S/C54H50BF8N4/c56-43-38-39-41(46(59)50(63)48(61)44(39)57)42(40(38)45(58)49(62)47(43)60)55-66-51(31-22-12-4-13-23-31)33(26-64)35(28-16-6-1-7-17-28)53(66)37(30-20-10-3-11-21-30)54-36(29-18-8-2-9-19-29)34(27-65)52(67(54)55)32-24-14-5-15-25-32/h3,10-11,20-21,28-29,31-32,42H,1-2,4-9,12-19,22-25H2/q+1. The highest BCUT2D eigenvalue weighted by Gasteiger charge is 2.64. The van der Waals surface area contributed by atoms with Gasteiger partial charge in [0, 0.05) is 39.4 Å². The average Bonchev–Trinajstić information content (AvgIpc) is 4.03. The van der Waals surface area contributed by atoms with Gasteiger partial charge in [-0.15, -0.1) is 0 Å². The van der Waals surface area contributed by atoms with Gasteiger partial charge in [0.25, 0.3) is 0 Å². The lowest BCUT2D eigenvalue weighted by molar-refractivity contribution is -0.332. The first-order valence-corrected chi connectivity index (χ1v) is 24.6. The van der Waals surface area contributed by atoms with Crippen molar-refractivity contribution in [2.75, 3.05) is 0 Å². The van der Waals surface area contributed by atoms with Gasteiger partial charge in [0.15, 0.2) is 57.9 Å². The Bertz CT molecular complexity index is 2840. The van der Waals surface area contributed by atoms with Crippen LogP contribution in [0.1, 0.15) is 185 Å². The molecule has 0 bridgehead atoms. The van der Waals surface area contributed by atoms with Crippen LogP contribution in [-0.2, 0) is 0 Å². The van der Waals surface area contributed by atoms with Gasteiger partial charge in [-0.3, -0.25) is 4.49 Å². The van der Waals surface area contributed by atoms with Crippen molar-refractivity contribution >= 4 is 18.3 Å². The van der Waals surface area contributed by atoms with Crippen molar-refractivity contribution in [3.05, 3.63) is 133 Å². The van der Waals surface area contributed by atoms with Crippen LogP contribution in [0.15, 0.2) is 47.2 Å². The maximum atomic E-state index is 17.3. The highest BCUT2D eigenvalue weighted by molar-refractivity contribution is 6.55. The van der Waals surface area contributed by atoms with Gasteiger partial charge in [0.1, 0.15) is 17.7 Å². The third-order valence-corrected chi connectivity index (χ3v) is 16.6. The lowest BCUT2D eigenvalue weighted by atomic mass is 9.54. The van der Waals surface area contributed by atoms with Gasteiger partial charge in [0.05, 0.1) is 22.6 Å². The summed E-state index contributed by atoms with van der Waals surface area (Å²) >= 11 is 0. The van der Waals surface area contributed by atoms with Crippen LogP contribution in [0.25, 0.3) is 16.7 Å². The summed E-state index contributed by atoms with van der Waals surface area (Å²) < 4.78 is 135. The van der Waals surface area contributed by atoms with Crippen LogP contribution in [0.3, 0.4) is 0 Å². The van der Waals surface area contributed by atoms with Crippen LogP contribution >= 0.6 is 0 Å². The number of nitriles is 2. The first-order valence-electron chi connectivity index (χ1n) is 24.6. The van der Waals surface area contributed by atoms with Crippen LogP contribution in [0.4, 0.5) is 35.1 Å². The molecule has 2 aliphatic heterocycles. The second kappa shape index (κ2) is 17.3. The lowest BCUT2D eigenvalue weighted by Crippen LogP contribution is -2.51. The Balaban J connectivity index is 1.39. The summed E-state index contributed by atoms with van der Waals surface area (Å²) in [5.74, 6) is -20.0. The minimum atomic E-state index is -2.30. The van der Waals surface area contributed by atoms with Gasteiger partial charge in [-0.1, -0.05) is 107 Å². The Kier molecular flexibility index (Phi) is 11.4. The van der Waals surface area contributed by atoms with Crippen LogP contribution in [-0.4, -0.2) is 21.7 Å². The molecule has 4 nitrogen and oxygen atoms in total. The fourth-order valence-electron chi connectivity index (χ4n) is 13.9. The fraction of sp³-hybridized carbons (Fsp3) is 0.463. The summed E-state index contributed by atoms with van der Waals surface area (Å²) in [6.07, 6.45) is 16.1. The van der Waals surface area contributed by atoms with E-state index in [2.05, 4.69) is 12.1 Å². The second-order valence-electron chi connectivity index (χ2n) is 20.1. The molecule has 4 saturated carbocycles. The molecule has 4 fully saturated rings. The topological polar surface area (TPSA) is 55.5 Å². The summed E-state index contributed by atoms with van der Waals surface area (Å²) in [4.78, 5) is 0. The third-order valence-electron chi connectivity index (χ3n) is 16.6. The number of halogens is 8. The molecule has 0 radical (unpaired) electrons. The summed E-state index contributed by atoms with van der Waals surface area (Å²) in [7, 11) is 0. The number of aromatic nitrogens is 1. The van der Waals surface area contributed by atoms with Gasteiger partial charge >= 0.3 is 6.98 Å².